The van der Waals surface area contributed by atoms with Gasteiger partial charge in [-0.1, -0.05) is 13.3 Å². The second-order valence-electron chi connectivity index (χ2n) is 5.94. The molecule has 1 aromatic heterocycles. The van der Waals surface area contributed by atoms with Gasteiger partial charge in [0.2, 0.25) is 0 Å². The first-order chi connectivity index (χ1) is 9.58. The molecule has 0 radical (unpaired) electrons. The summed E-state index contributed by atoms with van der Waals surface area (Å²) in [4.78, 5) is 19.0. The molecule has 1 aliphatic heterocycles. The van der Waals surface area contributed by atoms with Crippen LogP contribution in [0.4, 0.5) is 5.82 Å². The number of nitrogens with zero attached hydrogens (tertiary/aromatic N) is 3. The highest BCUT2D eigenvalue weighted by atomic mass is 16.1. The van der Waals surface area contributed by atoms with Gasteiger partial charge in [-0.05, 0) is 32.6 Å². The third-order valence-corrected chi connectivity index (χ3v) is 4.35. The smallest absolute Gasteiger partial charge is 0.293 e. The SMILES string of the molecule is CCC1CCN(c2nccn(C(C)C)c2=O)C(CN)C1. The van der Waals surface area contributed by atoms with Gasteiger partial charge in [-0.2, -0.15) is 0 Å². The van der Waals surface area contributed by atoms with Gasteiger partial charge < -0.3 is 15.2 Å². The van der Waals surface area contributed by atoms with E-state index in [1.165, 1.54) is 6.42 Å². The molecule has 0 aliphatic carbocycles. The average Bonchev–Trinajstić information content (AvgIpc) is 2.46. The molecule has 20 heavy (non-hydrogen) atoms. The maximum atomic E-state index is 12.5. The number of aromatic nitrogens is 2. The summed E-state index contributed by atoms with van der Waals surface area (Å²) in [5.74, 6) is 1.28. The third-order valence-electron chi connectivity index (χ3n) is 4.35. The van der Waals surface area contributed by atoms with Crippen molar-refractivity contribution in [3.8, 4) is 0 Å². The Morgan fingerprint density at radius 3 is 2.85 bits per heavy atom. The maximum Gasteiger partial charge on any atom is 0.293 e. The van der Waals surface area contributed by atoms with Crippen LogP contribution in [0.25, 0.3) is 0 Å². The zero-order chi connectivity index (χ0) is 14.7. The minimum absolute atomic E-state index is 0.00380. The van der Waals surface area contributed by atoms with Crippen LogP contribution in [0.3, 0.4) is 0 Å². The van der Waals surface area contributed by atoms with Crippen LogP contribution in [0.1, 0.15) is 46.1 Å². The summed E-state index contributed by atoms with van der Waals surface area (Å²) < 4.78 is 1.74. The van der Waals surface area contributed by atoms with E-state index in [4.69, 9.17) is 5.73 Å². The quantitative estimate of drug-likeness (QED) is 0.912. The molecule has 2 rings (SSSR count). The number of hydrogen-bond donors (Lipinski definition) is 1. The van der Waals surface area contributed by atoms with Gasteiger partial charge in [0.25, 0.3) is 5.56 Å². The molecule has 5 nitrogen and oxygen atoms in total. The standard InChI is InChI=1S/C15H26N4O/c1-4-12-5-7-19(13(9-12)10-16)14-15(20)18(11(2)3)8-6-17-14/h6,8,11-13H,4-5,7,9-10,16H2,1-3H3. The summed E-state index contributed by atoms with van der Waals surface area (Å²) in [6, 6.07) is 0.380. The average molecular weight is 278 g/mol. The van der Waals surface area contributed by atoms with Gasteiger partial charge in [0.05, 0.1) is 0 Å². The Kier molecular flexibility index (Phi) is 4.81. The highest BCUT2D eigenvalue weighted by Gasteiger charge is 2.29. The fourth-order valence-corrected chi connectivity index (χ4v) is 3.02. The molecule has 1 aliphatic rings. The summed E-state index contributed by atoms with van der Waals surface area (Å²) in [5, 5.41) is 0. The summed E-state index contributed by atoms with van der Waals surface area (Å²) in [6.45, 7) is 7.70. The Hall–Kier alpha value is -1.36. The Morgan fingerprint density at radius 2 is 2.25 bits per heavy atom. The van der Waals surface area contributed by atoms with Crippen LogP contribution in [-0.4, -0.2) is 28.7 Å². The normalized spacial score (nSPS) is 23.4. The molecule has 2 atom stereocenters. The van der Waals surface area contributed by atoms with E-state index in [1.54, 1.807) is 17.0 Å². The van der Waals surface area contributed by atoms with Crippen molar-refractivity contribution in [2.45, 2.75) is 52.1 Å². The van der Waals surface area contributed by atoms with Crippen molar-refractivity contribution in [2.75, 3.05) is 18.0 Å². The van der Waals surface area contributed by atoms with E-state index in [-0.39, 0.29) is 17.6 Å². The maximum absolute atomic E-state index is 12.5. The van der Waals surface area contributed by atoms with Crippen molar-refractivity contribution in [1.29, 1.82) is 0 Å². The molecule has 5 heteroatoms. The van der Waals surface area contributed by atoms with Gasteiger partial charge in [-0.25, -0.2) is 4.98 Å². The summed E-state index contributed by atoms with van der Waals surface area (Å²) >= 11 is 0. The monoisotopic (exact) mass is 278 g/mol. The molecular weight excluding hydrogens is 252 g/mol. The van der Waals surface area contributed by atoms with Crippen LogP contribution in [-0.2, 0) is 0 Å². The molecule has 1 aromatic rings. The minimum atomic E-state index is -0.00380. The predicted molar refractivity (Wildman–Crippen MR) is 82.1 cm³/mol. The molecular formula is C15H26N4O. The van der Waals surface area contributed by atoms with Gasteiger partial charge in [-0.15, -0.1) is 0 Å². The van der Waals surface area contributed by atoms with Gasteiger partial charge in [0.15, 0.2) is 5.82 Å². The largest absolute Gasteiger partial charge is 0.348 e. The Balaban J connectivity index is 2.31. The molecule has 0 bridgehead atoms. The third kappa shape index (κ3) is 2.87. The fourth-order valence-electron chi connectivity index (χ4n) is 3.02. The first-order valence-electron chi connectivity index (χ1n) is 7.62. The van der Waals surface area contributed by atoms with Crippen molar-refractivity contribution in [3.05, 3.63) is 22.7 Å². The second-order valence-corrected chi connectivity index (χ2v) is 5.94. The molecule has 2 unspecified atom stereocenters. The fraction of sp³-hybridized carbons (Fsp3) is 0.733. The van der Waals surface area contributed by atoms with Crippen molar-refractivity contribution in [2.24, 2.45) is 11.7 Å². The lowest BCUT2D eigenvalue weighted by molar-refractivity contribution is 0.333. The zero-order valence-corrected chi connectivity index (χ0v) is 12.7. The van der Waals surface area contributed by atoms with Crippen LogP contribution in [0.15, 0.2) is 17.2 Å². The van der Waals surface area contributed by atoms with E-state index in [9.17, 15) is 4.79 Å². The number of piperidine rings is 1. The molecule has 0 saturated carbocycles. The van der Waals surface area contributed by atoms with Crippen LogP contribution >= 0.6 is 0 Å². The number of nitrogens with two attached hydrogens (primary N) is 1. The van der Waals surface area contributed by atoms with Gasteiger partial charge in [-0.3, -0.25) is 4.79 Å². The van der Waals surface area contributed by atoms with Gasteiger partial charge in [0, 0.05) is 37.6 Å². The van der Waals surface area contributed by atoms with Crippen LogP contribution in [0, 0.1) is 5.92 Å². The van der Waals surface area contributed by atoms with Gasteiger partial charge in [0.1, 0.15) is 0 Å². The van der Waals surface area contributed by atoms with E-state index in [2.05, 4.69) is 16.8 Å². The van der Waals surface area contributed by atoms with E-state index in [1.807, 2.05) is 13.8 Å². The molecule has 2 heterocycles. The predicted octanol–water partition coefficient (Wildman–Crippen LogP) is 1.78. The Bertz CT molecular complexity index is 497. The van der Waals surface area contributed by atoms with E-state index in [0.717, 1.165) is 25.3 Å². The molecule has 0 aromatic carbocycles. The highest BCUT2D eigenvalue weighted by Crippen LogP contribution is 2.26. The minimum Gasteiger partial charge on any atom is -0.348 e. The van der Waals surface area contributed by atoms with Crippen molar-refractivity contribution < 1.29 is 0 Å². The van der Waals surface area contributed by atoms with Crippen LogP contribution < -0.4 is 16.2 Å². The molecule has 1 saturated heterocycles. The highest BCUT2D eigenvalue weighted by molar-refractivity contribution is 5.38. The van der Waals surface area contributed by atoms with E-state index < -0.39 is 0 Å². The first-order valence-corrected chi connectivity index (χ1v) is 7.62. The number of anilines is 1. The van der Waals surface area contributed by atoms with Gasteiger partial charge >= 0.3 is 0 Å². The van der Waals surface area contributed by atoms with Crippen LogP contribution in [0.2, 0.25) is 0 Å². The molecule has 0 spiro atoms. The zero-order valence-electron chi connectivity index (χ0n) is 12.7. The topological polar surface area (TPSA) is 64.2 Å². The van der Waals surface area contributed by atoms with E-state index >= 15 is 0 Å². The Labute approximate surface area is 120 Å². The second kappa shape index (κ2) is 6.39. The lowest BCUT2D eigenvalue weighted by Gasteiger charge is -2.39. The lowest BCUT2D eigenvalue weighted by atomic mass is 9.89. The lowest BCUT2D eigenvalue weighted by Crippen LogP contribution is -2.49. The first kappa shape index (κ1) is 15.0. The van der Waals surface area contributed by atoms with Crippen molar-refractivity contribution >= 4 is 5.82 Å². The molecule has 0 amide bonds. The number of rotatable bonds is 4. The van der Waals surface area contributed by atoms with Crippen LogP contribution in [0.5, 0.6) is 0 Å². The summed E-state index contributed by atoms with van der Waals surface area (Å²) in [6.07, 6.45) is 6.83. The molecule has 112 valence electrons. The van der Waals surface area contributed by atoms with Crippen molar-refractivity contribution in [3.63, 3.8) is 0 Å². The van der Waals surface area contributed by atoms with E-state index in [0.29, 0.717) is 12.4 Å². The molecule has 2 N–H and O–H groups in total. The Morgan fingerprint density at radius 1 is 1.50 bits per heavy atom. The summed E-state index contributed by atoms with van der Waals surface area (Å²) in [7, 11) is 0. The summed E-state index contributed by atoms with van der Waals surface area (Å²) in [5.41, 5.74) is 5.91. The number of hydrogen-bond acceptors (Lipinski definition) is 4. The van der Waals surface area contributed by atoms with Crippen molar-refractivity contribution in [1.82, 2.24) is 9.55 Å². The molecule has 1 fully saturated rings.